The van der Waals surface area contributed by atoms with E-state index in [1.807, 2.05) is 0 Å². The van der Waals surface area contributed by atoms with Crippen molar-refractivity contribution in [1.29, 1.82) is 0 Å². The summed E-state index contributed by atoms with van der Waals surface area (Å²) >= 11 is 0. The summed E-state index contributed by atoms with van der Waals surface area (Å²) in [6.07, 6.45) is 0.864. The van der Waals surface area contributed by atoms with E-state index < -0.39 is 0 Å². The lowest BCUT2D eigenvalue weighted by atomic mass is 10.1. The van der Waals surface area contributed by atoms with Crippen LogP contribution in [0, 0.1) is 0 Å². The van der Waals surface area contributed by atoms with E-state index in [-0.39, 0.29) is 12.1 Å². The van der Waals surface area contributed by atoms with Crippen LogP contribution in [0.5, 0.6) is 0 Å². The fraction of sp³-hybridized carbons (Fsp3) is 1.00. The topological polar surface area (TPSA) is 44.7 Å². The fourth-order valence-corrected chi connectivity index (χ4v) is 2.40. The molecule has 4 nitrogen and oxygen atoms in total. The Hall–Kier alpha value is -0.160. The molecule has 0 radical (unpaired) electrons. The lowest BCUT2D eigenvalue weighted by Gasteiger charge is -2.33. The van der Waals surface area contributed by atoms with Crippen LogP contribution in [0.2, 0.25) is 0 Å². The molecular formula is C10H20N2O2. The van der Waals surface area contributed by atoms with Crippen LogP contribution in [0.25, 0.3) is 0 Å². The minimum Gasteiger partial charge on any atom is -0.390 e. The highest BCUT2D eigenvalue weighted by Gasteiger charge is 2.33. The number of hydrogen-bond acceptors (Lipinski definition) is 4. The Kier molecular flexibility index (Phi) is 3.38. The first-order chi connectivity index (χ1) is 6.79. The minimum atomic E-state index is -0.212. The molecule has 0 bridgehead atoms. The molecule has 0 aliphatic carbocycles. The molecule has 0 aromatic rings. The molecule has 0 aromatic carbocycles. The zero-order chi connectivity index (χ0) is 9.97. The maximum atomic E-state index is 9.81. The number of hydrogen-bond donors (Lipinski definition) is 2. The van der Waals surface area contributed by atoms with Crippen LogP contribution in [-0.4, -0.2) is 61.0 Å². The van der Waals surface area contributed by atoms with Crippen LogP contribution >= 0.6 is 0 Å². The SMILES string of the molecule is CC1COCCCN1[C@@H]1CNC[C@H]1O. The molecule has 0 aromatic heterocycles. The predicted octanol–water partition coefficient (Wildman–Crippen LogP) is -0.570. The molecular weight excluding hydrogens is 180 g/mol. The van der Waals surface area contributed by atoms with Gasteiger partial charge in [0, 0.05) is 38.3 Å². The van der Waals surface area contributed by atoms with Gasteiger partial charge in [0.25, 0.3) is 0 Å². The number of aliphatic hydroxyl groups excluding tert-OH is 1. The quantitative estimate of drug-likeness (QED) is 0.595. The Morgan fingerprint density at radius 3 is 3.00 bits per heavy atom. The van der Waals surface area contributed by atoms with Gasteiger partial charge in [-0.2, -0.15) is 0 Å². The first-order valence-corrected chi connectivity index (χ1v) is 5.51. The van der Waals surface area contributed by atoms with Crippen LogP contribution in [0.4, 0.5) is 0 Å². The summed E-state index contributed by atoms with van der Waals surface area (Å²) in [5.41, 5.74) is 0. The van der Waals surface area contributed by atoms with E-state index in [1.165, 1.54) is 0 Å². The molecule has 2 N–H and O–H groups in total. The van der Waals surface area contributed by atoms with E-state index in [9.17, 15) is 5.11 Å². The molecule has 2 aliphatic rings. The third kappa shape index (κ3) is 2.08. The third-order valence-electron chi connectivity index (χ3n) is 3.21. The smallest absolute Gasteiger partial charge is 0.0831 e. The van der Waals surface area contributed by atoms with Gasteiger partial charge in [0.2, 0.25) is 0 Å². The summed E-state index contributed by atoms with van der Waals surface area (Å²) in [6.45, 7) is 6.52. The molecule has 4 heteroatoms. The van der Waals surface area contributed by atoms with Gasteiger partial charge in [0.05, 0.1) is 12.7 Å². The van der Waals surface area contributed by atoms with E-state index >= 15 is 0 Å². The van der Waals surface area contributed by atoms with Gasteiger partial charge in [-0.15, -0.1) is 0 Å². The van der Waals surface area contributed by atoms with Crippen LogP contribution in [-0.2, 0) is 4.74 Å². The van der Waals surface area contributed by atoms with Gasteiger partial charge < -0.3 is 15.2 Å². The molecule has 14 heavy (non-hydrogen) atoms. The van der Waals surface area contributed by atoms with Gasteiger partial charge in [-0.1, -0.05) is 0 Å². The van der Waals surface area contributed by atoms with Crippen molar-refractivity contribution in [1.82, 2.24) is 10.2 Å². The lowest BCUT2D eigenvalue weighted by Crippen LogP contribution is -2.48. The van der Waals surface area contributed by atoms with Crippen molar-refractivity contribution < 1.29 is 9.84 Å². The standard InChI is InChI=1S/C10H20N2O2/c1-8-7-14-4-2-3-12(8)9-5-11-6-10(9)13/h8-11,13H,2-7H2,1H3/t8?,9-,10-/m1/s1. The van der Waals surface area contributed by atoms with Gasteiger partial charge in [0.1, 0.15) is 0 Å². The van der Waals surface area contributed by atoms with Crippen molar-refractivity contribution in [3.8, 4) is 0 Å². The Balaban J connectivity index is 1.99. The lowest BCUT2D eigenvalue weighted by molar-refractivity contribution is 0.0447. The highest BCUT2D eigenvalue weighted by molar-refractivity contribution is 4.91. The molecule has 0 spiro atoms. The summed E-state index contributed by atoms with van der Waals surface area (Å²) in [4.78, 5) is 2.39. The monoisotopic (exact) mass is 200 g/mol. The van der Waals surface area contributed by atoms with Crippen molar-refractivity contribution in [2.45, 2.75) is 31.5 Å². The molecule has 0 saturated carbocycles. The van der Waals surface area contributed by atoms with Crippen molar-refractivity contribution in [2.75, 3.05) is 32.8 Å². The number of rotatable bonds is 1. The summed E-state index contributed by atoms with van der Waals surface area (Å²) in [6, 6.07) is 0.712. The average molecular weight is 200 g/mol. The Labute approximate surface area is 85.2 Å². The van der Waals surface area contributed by atoms with Crippen molar-refractivity contribution in [3.63, 3.8) is 0 Å². The van der Waals surface area contributed by atoms with Crippen LogP contribution in [0.3, 0.4) is 0 Å². The largest absolute Gasteiger partial charge is 0.390 e. The summed E-state index contributed by atoms with van der Waals surface area (Å²) in [5.74, 6) is 0. The molecule has 2 aliphatic heterocycles. The zero-order valence-electron chi connectivity index (χ0n) is 8.78. The number of nitrogens with zero attached hydrogens (tertiary/aromatic N) is 1. The Morgan fingerprint density at radius 2 is 2.29 bits per heavy atom. The maximum absolute atomic E-state index is 9.81. The number of ether oxygens (including phenoxy) is 1. The second-order valence-electron chi connectivity index (χ2n) is 4.31. The predicted molar refractivity (Wildman–Crippen MR) is 54.3 cm³/mol. The maximum Gasteiger partial charge on any atom is 0.0831 e. The molecule has 1 unspecified atom stereocenters. The van der Waals surface area contributed by atoms with Crippen LogP contribution in [0.15, 0.2) is 0 Å². The van der Waals surface area contributed by atoms with Crippen molar-refractivity contribution in [2.24, 2.45) is 0 Å². The second-order valence-corrected chi connectivity index (χ2v) is 4.31. The first kappa shape index (κ1) is 10.4. The van der Waals surface area contributed by atoms with E-state index in [0.717, 1.165) is 39.3 Å². The van der Waals surface area contributed by atoms with Crippen molar-refractivity contribution >= 4 is 0 Å². The van der Waals surface area contributed by atoms with Gasteiger partial charge in [-0.25, -0.2) is 0 Å². The molecule has 2 rings (SSSR count). The normalized spacial score (nSPS) is 41.1. The zero-order valence-corrected chi connectivity index (χ0v) is 8.78. The first-order valence-electron chi connectivity index (χ1n) is 5.51. The van der Waals surface area contributed by atoms with E-state index in [0.29, 0.717) is 6.04 Å². The third-order valence-corrected chi connectivity index (χ3v) is 3.21. The van der Waals surface area contributed by atoms with E-state index in [4.69, 9.17) is 4.74 Å². The van der Waals surface area contributed by atoms with Gasteiger partial charge in [-0.3, -0.25) is 4.90 Å². The molecule has 0 amide bonds. The fourth-order valence-electron chi connectivity index (χ4n) is 2.40. The number of nitrogens with one attached hydrogen (secondary N) is 1. The van der Waals surface area contributed by atoms with E-state index in [2.05, 4.69) is 17.1 Å². The highest BCUT2D eigenvalue weighted by atomic mass is 16.5. The highest BCUT2D eigenvalue weighted by Crippen LogP contribution is 2.16. The Bertz CT molecular complexity index is 189. The number of aliphatic hydroxyl groups is 1. The molecule has 2 saturated heterocycles. The van der Waals surface area contributed by atoms with Gasteiger partial charge in [0.15, 0.2) is 0 Å². The summed E-state index contributed by atoms with van der Waals surface area (Å²) < 4.78 is 5.49. The van der Waals surface area contributed by atoms with E-state index in [1.54, 1.807) is 0 Å². The summed E-state index contributed by atoms with van der Waals surface area (Å²) in [7, 11) is 0. The molecule has 2 fully saturated rings. The van der Waals surface area contributed by atoms with Gasteiger partial charge in [-0.05, 0) is 13.3 Å². The van der Waals surface area contributed by atoms with Crippen LogP contribution < -0.4 is 5.32 Å². The minimum absolute atomic E-state index is 0.212. The molecule has 3 atom stereocenters. The molecule has 82 valence electrons. The van der Waals surface area contributed by atoms with Crippen molar-refractivity contribution in [3.05, 3.63) is 0 Å². The van der Waals surface area contributed by atoms with Crippen LogP contribution in [0.1, 0.15) is 13.3 Å². The Morgan fingerprint density at radius 1 is 1.43 bits per heavy atom. The van der Waals surface area contributed by atoms with Gasteiger partial charge >= 0.3 is 0 Å². The summed E-state index contributed by atoms with van der Waals surface area (Å²) in [5, 5.41) is 13.0. The second kappa shape index (κ2) is 4.57. The average Bonchev–Trinajstić information content (AvgIpc) is 2.46. The molecule has 2 heterocycles. The number of β-amino-alcohol motifs (C(OH)–C–C–N with tert-alkyl or cyclic N) is 1.